The standard InChI is InChI=1S/C20H20N2O3S/c1-14-3-5-17(6-4-14)12-26-13-19(23)25-15(2)20(24)22-18-9-7-16(11-21)8-10-18/h3-10,15H,12-13H2,1-2H3,(H,22,24)/t15-/m1/s1. The Morgan fingerprint density at radius 1 is 1.15 bits per heavy atom. The Hall–Kier alpha value is -2.78. The Morgan fingerprint density at radius 3 is 2.42 bits per heavy atom. The van der Waals surface area contributed by atoms with Crippen LogP contribution in [-0.4, -0.2) is 23.7 Å². The Balaban J connectivity index is 1.73. The summed E-state index contributed by atoms with van der Waals surface area (Å²) in [6.45, 7) is 3.56. The Labute approximate surface area is 157 Å². The molecule has 0 aromatic heterocycles. The van der Waals surface area contributed by atoms with Crippen LogP contribution >= 0.6 is 11.8 Å². The minimum atomic E-state index is -0.891. The summed E-state index contributed by atoms with van der Waals surface area (Å²) in [5.74, 6) is 0.0556. The van der Waals surface area contributed by atoms with Gasteiger partial charge in [0.25, 0.3) is 5.91 Å². The van der Waals surface area contributed by atoms with Crippen LogP contribution in [0, 0.1) is 18.3 Å². The summed E-state index contributed by atoms with van der Waals surface area (Å²) >= 11 is 1.45. The van der Waals surface area contributed by atoms with Crippen molar-refractivity contribution in [3.8, 4) is 6.07 Å². The maximum Gasteiger partial charge on any atom is 0.316 e. The van der Waals surface area contributed by atoms with Gasteiger partial charge >= 0.3 is 5.97 Å². The van der Waals surface area contributed by atoms with E-state index in [1.807, 2.05) is 37.3 Å². The molecule has 0 aliphatic carbocycles. The molecule has 6 heteroatoms. The van der Waals surface area contributed by atoms with Gasteiger partial charge in [0.05, 0.1) is 17.4 Å². The molecule has 0 heterocycles. The third-order valence-corrected chi connectivity index (χ3v) is 4.55. The number of nitrogens with zero attached hydrogens (tertiary/aromatic N) is 1. The molecule has 5 nitrogen and oxygen atoms in total. The lowest BCUT2D eigenvalue weighted by molar-refractivity contribution is -0.150. The Bertz CT molecular complexity index is 795. The van der Waals surface area contributed by atoms with Gasteiger partial charge in [0.1, 0.15) is 0 Å². The number of ether oxygens (including phenoxy) is 1. The normalized spacial score (nSPS) is 11.3. The SMILES string of the molecule is Cc1ccc(CSCC(=O)O[C@H](C)C(=O)Nc2ccc(C#N)cc2)cc1. The van der Waals surface area contributed by atoms with Crippen molar-refractivity contribution in [2.75, 3.05) is 11.1 Å². The molecular formula is C20H20N2O3S. The number of hydrogen-bond acceptors (Lipinski definition) is 5. The van der Waals surface area contributed by atoms with E-state index in [2.05, 4.69) is 5.32 Å². The van der Waals surface area contributed by atoms with Crippen LogP contribution < -0.4 is 5.32 Å². The molecule has 2 rings (SSSR count). The van der Waals surface area contributed by atoms with E-state index in [0.29, 0.717) is 17.0 Å². The smallest absolute Gasteiger partial charge is 0.316 e. The summed E-state index contributed by atoms with van der Waals surface area (Å²) in [4.78, 5) is 23.9. The number of carbonyl (C=O) groups is 2. The molecule has 0 unspecified atom stereocenters. The molecule has 0 saturated carbocycles. The third-order valence-electron chi connectivity index (χ3n) is 3.57. The lowest BCUT2D eigenvalue weighted by Gasteiger charge is -2.13. The van der Waals surface area contributed by atoms with E-state index in [9.17, 15) is 9.59 Å². The molecule has 0 radical (unpaired) electrons. The molecule has 26 heavy (non-hydrogen) atoms. The molecule has 0 aliphatic rings. The highest BCUT2D eigenvalue weighted by molar-refractivity contribution is 7.99. The van der Waals surface area contributed by atoms with Crippen LogP contribution in [0.25, 0.3) is 0 Å². The number of carbonyl (C=O) groups excluding carboxylic acids is 2. The van der Waals surface area contributed by atoms with E-state index in [-0.39, 0.29) is 5.75 Å². The second kappa shape index (κ2) is 9.64. The number of nitrogens with one attached hydrogen (secondary N) is 1. The molecule has 2 aromatic carbocycles. The predicted octanol–water partition coefficient (Wildman–Crippen LogP) is 3.67. The lowest BCUT2D eigenvalue weighted by Crippen LogP contribution is -2.30. The number of amides is 1. The highest BCUT2D eigenvalue weighted by atomic mass is 32.2. The molecule has 1 N–H and O–H groups in total. The highest BCUT2D eigenvalue weighted by Gasteiger charge is 2.17. The van der Waals surface area contributed by atoms with Gasteiger partial charge in [0.15, 0.2) is 6.10 Å². The summed E-state index contributed by atoms with van der Waals surface area (Å²) in [6, 6.07) is 16.6. The molecule has 0 aliphatic heterocycles. The van der Waals surface area contributed by atoms with Crippen molar-refractivity contribution in [2.24, 2.45) is 0 Å². The molecule has 1 amide bonds. The van der Waals surface area contributed by atoms with Gasteiger partial charge in [-0.1, -0.05) is 29.8 Å². The number of benzene rings is 2. The first-order valence-corrected chi connectivity index (χ1v) is 9.27. The average Bonchev–Trinajstić information content (AvgIpc) is 2.64. The lowest BCUT2D eigenvalue weighted by atomic mass is 10.2. The van der Waals surface area contributed by atoms with Crippen molar-refractivity contribution in [1.29, 1.82) is 5.26 Å². The minimum absolute atomic E-state index is 0.183. The van der Waals surface area contributed by atoms with Crippen molar-refractivity contribution in [2.45, 2.75) is 25.7 Å². The molecule has 134 valence electrons. The van der Waals surface area contributed by atoms with Gasteiger partial charge in [-0.25, -0.2) is 0 Å². The Morgan fingerprint density at radius 2 is 1.81 bits per heavy atom. The van der Waals surface area contributed by atoms with Gasteiger partial charge in [-0.05, 0) is 43.7 Å². The summed E-state index contributed by atoms with van der Waals surface area (Å²) in [5, 5.41) is 11.4. The van der Waals surface area contributed by atoms with Crippen molar-refractivity contribution in [3.63, 3.8) is 0 Å². The first-order chi connectivity index (χ1) is 12.5. The van der Waals surface area contributed by atoms with Crippen LogP contribution in [0.5, 0.6) is 0 Å². The van der Waals surface area contributed by atoms with Gasteiger partial charge in [0, 0.05) is 11.4 Å². The largest absolute Gasteiger partial charge is 0.452 e. The summed E-state index contributed by atoms with van der Waals surface area (Å²) < 4.78 is 5.16. The van der Waals surface area contributed by atoms with E-state index >= 15 is 0 Å². The summed E-state index contributed by atoms with van der Waals surface area (Å²) in [7, 11) is 0. The van der Waals surface area contributed by atoms with Gasteiger partial charge in [-0.15, -0.1) is 11.8 Å². The second-order valence-electron chi connectivity index (χ2n) is 5.79. The molecule has 0 bridgehead atoms. The fourth-order valence-corrected chi connectivity index (χ4v) is 2.86. The van der Waals surface area contributed by atoms with Crippen LogP contribution in [0.2, 0.25) is 0 Å². The van der Waals surface area contributed by atoms with Gasteiger partial charge in [-0.2, -0.15) is 5.26 Å². The zero-order valence-electron chi connectivity index (χ0n) is 14.7. The maximum absolute atomic E-state index is 12.1. The molecule has 0 saturated heterocycles. The van der Waals surface area contributed by atoms with Crippen LogP contribution in [0.1, 0.15) is 23.6 Å². The third kappa shape index (κ3) is 6.26. The molecule has 0 spiro atoms. The van der Waals surface area contributed by atoms with E-state index in [0.717, 1.165) is 5.56 Å². The quantitative estimate of drug-likeness (QED) is 0.754. The van der Waals surface area contributed by atoms with E-state index < -0.39 is 18.0 Å². The number of nitriles is 1. The van der Waals surface area contributed by atoms with Crippen molar-refractivity contribution in [3.05, 3.63) is 65.2 Å². The zero-order chi connectivity index (χ0) is 18.9. The number of thioether (sulfide) groups is 1. The van der Waals surface area contributed by atoms with Gasteiger partial charge in [-0.3, -0.25) is 9.59 Å². The van der Waals surface area contributed by atoms with Crippen LogP contribution in [0.4, 0.5) is 5.69 Å². The first kappa shape index (κ1) is 19.5. The molecular weight excluding hydrogens is 348 g/mol. The number of hydrogen-bond donors (Lipinski definition) is 1. The van der Waals surface area contributed by atoms with Gasteiger partial charge in [0.2, 0.25) is 0 Å². The topological polar surface area (TPSA) is 79.2 Å². The highest BCUT2D eigenvalue weighted by Crippen LogP contribution is 2.14. The average molecular weight is 368 g/mol. The number of esters is 1. The maximum atomic E-state index is 12.1. The Kier molecular flexibility index (Phi) is 7.24. The second-order valence-corrected chi connectivity index (χ2v) is 6.77. The summed E-state index contributed by atoms with van der Waals surface area (Å²) in [5.41, 5.74) is 3.39. The van der Waals surface area contributed by atoms with Crippen LogP contribution in [0.3, 0.4) is 0 Å². The van der Waals surface area contributed by atoms with Crippen molar-refractivity contribution in [1.82, 2.24) is 0 Å². The number of aryl methyl sites for hydroxylation is 1. The fourth-order valence-electron chi connectivity index (χ4n) is 2.09. The number of anilines is 1. The van der Waals surface area contributed by atoms with E-state index in [1.165, 1.54) is 24.2 Å². The molecule has 0 fully saturated rings. The van der Waals surface area contributed by atoms with Crippen molar-refractivity contribution >= 4 is 29.3 Å². The molecule has 2 aromatic rings. The monoisotopic (exact) mass is 368 g/mol. The number of rotatable bonds is 7. The van der Waals surface area contributed by atoms with Crippen LogP contribution in [0.15, 0.2) is 48.5 Å². The van der Waals surface area contributed by atoms with E-state index in [1.54, 1.807) is 24.3 Å². The summed E-state index contributed by atoms with van der Waals surface area (Å²) in [6.07, 6.45) is -0.891. The molecule has 1 atom stereocenters. The fraction of sp³-hybridized carbons (Fsp3) is 0.250. The van der Waals surface area contributed by atoms with Gasteiger partial charge < -0.3 is 10.1 Å². The first-order valence-electron chi connectivity index (χ1n) is 8.11. The zero-order valence-corrected chi connectivity index (χ0v) is 15.5. The minimum Gasteiger partial charge on any atom is -0.452 e. The van der Waals surface area contributed by atoms with E-state index in [4.69, 9.17) is 10.00 Å². The van der Waals surface area contributed by atoms with Crippen LogP contribution in [-0.2, 0) is 20.1 Å². The predicted molar refractivity (Wildman–Crippen MR) is 103 cm³/mol. The van der Waals surface area contributed by atoms with Crippen molar-refractivity contribution < 1.29 is 14.3 Å².